The number of ether oxygens (including phenoxy) is 1. The lowest BCUT2D eigenvalue weighted by Gasteiger charge is -2.06. The highest BCUT2D eigenvalue weighted by molar-refractivity contribution is 5.93. The van der Waals surface area contributed by atoms with Crippen LogP contribution < -0.4 is 5.32 Å². The van der Waals surface area contributed by atoms with E-state index in [1.807, 2.05) is 0 Å². The highest BCUT2D eigenvalue weighted by Gasteiger charge is 2.06. The fourth-order valence-corrected chi connectivity index (χ4v) is 0.928. The summed E-state index contributed by atoms with van der Waals surface area (Å²) < 4.78 is 17.1. The maximum absolute atomic E-state index is 12.5. The molecular weight excluding hydrogens is 189 g/mol. The van der Waals surface area contributed by atoms with Crippen molar-refractivity contribution >= 4 is 11.6 Å². The second-order valence-electron chi connectivity index (χ2n) is 2.64. The zero-order valence-electron chi connectivity index (χ0n) is 7.58. The highest BCUT2D eigenvalue weighted by Crippen LogP contribution is 2.23. The molecule has 0 saturated heterocycles. The zero-order valence-corrected chi connectivity index (χ0v) is 7.58. The maximum atomic E-state index is 12.5. The third-order valence-corrected chi connectivity index (χ3v) is 1.51. The van der Waals surface area contributed by atoms with Crippen LogP contribution in [0, 0.1) is 5.82 Å². The number of carbonyl (C=O) groups is 1. The summed E-state index contributed by atoms with van der Waals surface area (Å²) in [6.45, 7) is -0.114. The molecule has 0 bridgehead atoms. The first-order valence-electron chi connectivity index (χ1n) is 3.91. The number of amides is 1. The van der Waals surface area contributed by atoms with Crippen molar-refractivity contribution in [3.63, 3.8) is 0 Å². The molecule has 1 aromatic carbocycles. The minimum absolute atomic E-state index is 0.114. The number of benzene rings is 1. The predicted octanol–water partition coefficient (Wildman–Crippen LogP) is 1.12. The molecule has 0 atom stereocenters. The van der Waals surface area contributed by atoms with Gasteiger partial charge in [-0.05, 0) is 12.1 Å². The van der Waals surface area contributed by atoms with Crippen LogP contribution in [0.2, 0.25) is 0 Å². The molecule has 76 valence electrons. The predicted molar refractivity (Wildman–Crippen MR) is 48.6 cm³/mol. The third-order valence-electron chi connectivity index (χ3n) is 1.51. The molecular formula is C9H10FNO3. The molecule has 0 fully saturated rings. The van der Waals surface area contributed by atoms with Crippen molar-refractivity contribution in [2.24, 2.45) is 0 Å². The van der Waals surface area contributed by atoms with Crippen LogP contribution >= 0.6 is 0 Å². The van der Waals surface area contributed by atoms with Gasteiger partial charge in [-0.3, -0.25) is 4.79 Å². The average molecular weight is 199 g/mol. The Labute approximate surface area is 80.3 Å². The number of phenols is 1. The number of carbonyl (C=O) groups excluding carboxylic acids is 1. The van der Waals surface area contributed by atoms with Crippen LogP contribution in [0.5, 0.6) is 5.75 Å². The number of hydrogen-bond acceptors (Lipinski definition) is 3. The molecule has 2 N–H and O–H groups in total. The quantitative estimate of drug-likeness (QED) is 0.717. The van der Waals surface area contributed by atoms with Gasteiger partial charge in [-0.1, -0.05) is 0 Å². The molecule has 0 unspecified atom stereocenters. The van der Waals surface area contributed by atoms with Crippen molar-refractivity contribution < 1.29 is 19.0 Å². The molecule has 0 aliphatic carbocycles. The van der Waals surface area contributed by atoms with E-state index in [2.05, 4.69) is 10.1 Å². The fraction of sp³-hybridized carbons (Fsp3) is 0.222. The van der Waals surface area contributed by atoms with Gasteiger partial charge in [-0.25, -0.2) is 4.39 Å². The SMILES string of the molecule is COCC(=O)Nc1ccc(F)cc1O. The van der Waals surface area contributed by atoms with Crippen LogP contribution in [0.1, 0.15) is 0 Å². The van der Waals surface area contributed by atoms with Crippen LogP contribution in [0.4, 0.5) is 10.1 Å². The van der Waals surface area contributed by atoms with Gasteiger partial charge in [0.15, 0.2) is 0 Å². The van der Waals surface area contributed by atoms with E-state index < -0.39 is 11.7 Å². The summed E-state index contributed by atoms with van der Waals surface area (Å²) in [7, 11) is 1.38. The summed E-state index contributed by atoms with van der Waals surface area (Å²) in [6, 6.07) is 3.34. The van der Waals surface area contributed by atoms with Gasteiger partial charge in [0.1, 0.15) is 18.2 Å². The largest absolute Gasteiger partial charge is 0.506 e. The van der Waals surface area contributed by atoms with Gasteiger partial charge in [-0.15, -0.1) is 0 Å². The molecule has 4 nitrogen and oxygen atoms in total. The van der Waals surface area contributed by atoms with Crippen molar-refractivity contribution in [1.29, 1.82) is 0 Å². The monoisotopic (exact) mass is 199 g/mol. The number of phenolic OH excluding ortho intramolecular Hbond substituents is 1. The third kappa shape index (κ3) is 2.70. The van der Waals surface area contributed by atoms with E-state index in [4.69, 9.17) is 0 Å². The summed E-state index contributed by atoms with van der Waals surface area (Å²) in [5.74, 6) is -1.28. The molecule has 0 aliphatic heterocycles. The minimum Gasteiger partial charge on any atom is -0.506 e. The number of halogens is 1. The topological polar surface area (TPSA) is 58.6 Å². The van der Waals surface area contributed by atoms with Crippen LogP contribution in [-0.4, -0.2) is 24.7 Å². The summed E-state index contributed by atoms with van der Waals surface area (Å²) in [6.07, 6.45) is 0. The Balaban J connectivity index is 2.72. The normalized spacial score (nSPS) is 9.86. The number of anilines is 1. The Morgan fingerprint density at radius 2 is 2.36 bits per heavy atom. The first-order valence-corrected chi connectivity index (χ1v) is 3.91. The van der Waals surface area contributed by atoms with E-state index in [1.165, 1.54) is 13.2 Å². The Kier molecular flexibility index (Phi) is 3.41. The van der Waals surface area contributed by atoms with E-state index in [0.29, 0.717) is 0 Å². The number of methoxy groups -OCH3 is 1. The van der Waals surface area contributed by atoms with Gasteiger partial charge in [0.25, 0.3) is 0 Å². The smallest absolute Gasteiger partial charge is 0.250 e. The second kappa shape index (κ2) is 4.57. The lowest BCUT2D eigenvalue weighted by Crippen LogP contribution is -2.17. The van der Waals surface area contributed by atoms with Gasteiger partial charge >= 0.3 is 0 Å². The standard InChI is InChI=1S/C9H10FNO3/c1-14-5-9(13)11-7-3-2-6(10)4-8(7)12/h2-4,12H,5H2,1H3,(H,11,13). The van der Waals surface area contributed by atoms with Crippen LogP contribution in [0.25, 0.3) is 0 Å². The van der Waals surface area contributed by atoms with Crippen LogP contribution in [-0.2, 0) is 9.53 Å². The van der Waals surface area contributed by atoms with E-state index in [0.717, 1.165) is 12.1 Å². The highest BCUT2D eigenvalue weighted by atomic mass is 19.1. The van der Waals surface area contributed by atoms with Crippen molar-refractivity contribution in [1.82, 2.24) is 0 Å². The average Bonchev–Trinajstić information content (AvgIpc) is 2.10. The molecule has 1 aromatic rings. The Bertz CT molecular complexity index is 341. The molecule has 14 heavy (non-hydrogen) atoms. The van der Waals surface area contributed by atoms with Crippen LogP contribution in [0.3, 0.4) is 0 Å². The second-order valence-corrected chi connectivity index (χ2v) is 2.64. The lowest BCUT2D eigenvalue weighted by molar-refractivity contribution is -0.119. The summed E-state index contributed by atoms with van der Waals surface area (Å²) in [5, 5.41) is 11.6. The van der Waals surface area contributed by atoms with E-state index in [9.17, 15) is 14.3 Å². The van der Waals surface area contributed by atoms with Crippen molar-refractivity contribution in [3.05, 3.63) is 24.0 Å². The maximum Gasteiger partial charge on any atom is 0.250 e. The van der Waals surface area contributed by atoms with Crippen molar-refractivity contribution in [2.45, 2.75) is 0 Å². The van der Waals surface area contributed by atoms with Crippen molar-refractivity contribution in [2.75, 3.05) is 19.0 Å². The molecule has 0 aromatic heterocycles. The number of nitrogens with one attached hydrogen (secondary N) is 1. The molecule has 0 heterocycles. The fourth-order valence-electron chi connectivity index (χ4n) is 0.928. The molecule has 1 amide bonds. The summed E-state index contributed by atoms with van der Waals surface area (Å²) >= 11 is 0. The zero-order chi connectivity index (χ0) is 10.6. The van der Waals surface area contributed by atoms with Crippen molar-refractivity contribution in [3.8, 4) is 5.75 Å². The summed E-state index contributed by atoms with van der Waals surface area (Å²) in [4.78, 5) is 11.0. The Hall–Kier alpha value is -1.62. The number of hydrogen-bond donors (Lipinski definition) is 2. The lowest BCUT2D eigenvalue weighted by atomic mass is 10.3. The van der Waals surface area contributed by atoms with Gasteiger partial charge in [0, 0.05) is 13.2 Å². The van der Waals surface area contributed by atoms with Gasteiger partial charge in [0.05, 0.1) is 5.69 Å². The number of rotatable bonds is 3. The Morgan fingerprint density at radius 3 is 2.93 bits per heavy atom. The molecule has 0 radical (unpaired) electrons. The Morgan fingerprint density at radius 1 is 1.64 bits per heavy atom. The molecule has 0 saturated carbocycles. The van der Waals surface area contributed by atoms with Gasteiger partial charge in [-0.2, -0.15) is 0 Å². The number of aromatic hydroxyl groups is 1. The minimum atomic E-state index is -0.563. The van der Waals surface area contributed by atoms with E-state index >= 15 is 0 Å². The molecule has 5 heteroatoms. The summed E-state index contributed by atoms with van der Waals surface area (Å²) in [5.41, 5.74) is 0.161. The van der Waals surface area contributed by atoms with E-state index in [1.54, 1.807) is 0 Å². The molecule has 0 spiro atoms. The van der Waals surface area contributed by atoms with Gasteiger partial charge in [0.2, 0.25) is 5.91 Å². The first kappa shape index (κ1) is 10.5. The van der Waals surface area contributed by atoms with Crippen LogP contribution in [0.15, 0.2) is 18.2 Å². The molecule has 0 aliphatic rings. The van der Waals surface area contributed by atoms with E-state index in [-0.39, 0.29) is 18.0 Å². The molecule has 1 rings (SSSR count). The first-order chi connectivity index (χ1) is 6.63. The van der Waals surface area contributed by atoms with Gasteiger partial charge < -0.3 is 15.2 Å².